The Labute approximate surface area is 185 Å². The van der Waals surface area contributed by atoms with Gasteiger partial charge in [0.1, 0.15) is 5.70 Å². The Kier molecular flexibility index (Phi) is 7.66. The van der Waals surface area contributed by atoms with Crippen LogP contribution in [0.3, 0.4) is 0 Å². The molecule has 0 radical (unpaired) electrons. The Morgan fingerprint density at radius 1 is 0.867 bits per heavy atom. The van der Waals surface area contributed by atoms with E-state index in [4.69, 9.17) is 23.2 Å². The van der Waals surface area contributed by atoms with Crippen LogP contribution in [0.2, 0.25) is 10.0 Å². The first-order valence-corrected chi connectivity index (χ1v) is 10.1. The molecule has 3 rings (SSSR count). The summed E-state index contributed by atoms with van der Waals surface area (Å²) in [5.74, 6) is -0.870. The first-order chi connectivity index (χ1) is 14.5. The van der Waals surface area contributed by atoms with Gasteiger partial charge >= 0.3 is 0 Å². The molecule has 6 heteroatoms. The summed E-state index contributed by atoms with van der Waals surface area (Å²) in [5.41, 5.74) is 2.26. The minimum absolute atomic E-state index is 0.130. The summed E-state index contributed by atoms with van der Waals surface area (Å²) in [6.45, 7) is 0.437. The summed E-state index contributed by atoms with van der Waals surface area (Å²) in [6.07, 6.45) is 2.31. The second-order valence-electron chi connectivity index (χ2n) is 6.54. The third-order valence-corrected chi connectivity index (χ3v) is 4.87. The Hall–Kier alpha value is -3.08. The van der Waals surface area contributed by atoms with Crippen LogP contribution in [0.15, 0.2) is 84.6 Å². The van der Waals surface area contributed by atoms with Crippen molar-refractivity contribution in [2.75, 3.05) is 6.54 Å². The molecular weight excluding hydrogens is 419 g/mol. The highest BCUT2D eigenvalue weighted by atomic mass is 35.5. The third-order valence-electron chi connectivity index (χ3n) is 4.32. The maximum atomic E-state index is 12.8. The van der Waals surface area contributed by atoms with Crippen LogP contribution in [0.1, 0.15) is 21.5 Å². The molecule has 2 N–H and O–H groups in total. The fraction of sp³-hybridized carbons (Fsp3) is 0.0833. The van der Waals surface area contributed by atoms with E-state index in [0.717, 1.165) is 11.1 Å². The normalized spacial score (nSPS) is 11.1. The van der Waals surface area contributed by atoms with E-state index in [1.165, 1.54) is 12.1 Å². The molecule has 0 bridgehead atoms. The molecule has 0 aliphatic carbocycles. The van der Waals surface area contributed by atoms with Crippen molar-refractivity contribution >= 4 is 41.1 Å². The molecule has 0 aliphatic heterocycles. The minimum atomic E-state index is -0.489. The third kappa shape index (κ3) is 6.21. The first kappa shape index (κ1) is 21.6. The van der Waals surface area contributed by atoms with Crippen LogP contribution < -0.4 is 10.6 Å². The van der Waals surface area contributed by atoms with Gasteiger partial charge in [0.15, 0.2) is 0 Å². The molecule has 30 heavy (non-hydrogen) atoms. The highest BCUT2D eigenvalue weighted by molar-refractivity contribution is 6.36. The van der Waals surface area contributed by atoms with Crippen molar-refractivity contribution in [2.45, 2.75) is 6.42 Å². The molecule has 0 atom stereocenters. The average molecular weight is 439 g/mol. The minimum Gasteiger partial charge on any atom is -0.350 e. The standard InChI is InChI=1S/C24H20Cl2N2O2/c25-19-11-12-20(21(26)16-19)23(29)28-22(15-18-9-5-2-6-10-18)24(30)27-14-13-17-7-3-1-4-8-17/h1-12,15-16H,13-14H2,(H,27,30)(H,28,29). The van der Waals surface area contributed by atoms with Gasteiger partial charge in [-0.2, -0.15) is 0 Å². The molecule has 0 saturated heterocycles. The molecule has 3 aromatic rings. The predicted octanol–water partition coefficient (Wildman–Crippen LogP) is 5.12. The van der Waals surface area contributed by atoms with Crippen molar-refractivity contribution in [2.24, 2.45) is 0 Å². The second kappa shape index (κ2) is 10.6. The number of halogens is 2. The zero-order chi connectivity index (χ0) is 21.3. The van der Waals surface area contributed by atoms with E-state index in [-0.39, 0.29) is 22.2 Å². The lowest BCUT2D eigenvalue weighted by molar-refractivity contribution is -0.117. The second-order valence-corrected chi connectivity index (χ2v) is 7.38. The molecule has 4 nitrogen and oxygen atoms in total. The number of hydrogen-bond donors (Lipinski definition) is 2. The molecule has 0 aliphatic rings. The molecule has 0 heterocycles. The summed E-state index contributed by atoms with van der Waals surface area (Å²) in [5, 5.41) is 6.17. The van der Waals surface area contributed by atoms with Gasteiger partial charge in [0.2, 0.25) is 0 Å². The zero-order valence-corrected chi connectivity index (χ0v) is 17.6. The molecule has 3 aromatic carbocycles. The van der Waals surface area contributed by atoms with Crippen LogP contribution in [0.4, 0.5) is 0 Å². The zero-order valence-electron chi connectivity index (χ0n) is 16.1. The molecule has 0 saturated carbocycles. The Balaban J connectivity index is 1.75. The smallest absolute Gasteiger partial charge is 0.267 e. The number of amides is 2. The number of carbonyl (C=O) groups excluding carboxylic acids is 2. The summed E-state index contributed by atoms with van der Waals surface area (Å²) < 4.78 is 0. The lowest BCUT2D eigenvalue weighted by Crippen LogP contribution is -2.35. The fourth-order valence-corrected chi connectivity index (χ4v) is 3.29. The molecule has 0 spiro atoms. The Morgan fingerprint density at radius 2 is 1.53 bits per heavy atom. The van der Waals surface area contributed by atoms with Crippen molar-refractivity contribution in [1.82, 2.24) is 10.6 Å². The molecule has 152 valence electrons. The van der Waals surface area contributed by atoms with Crippen LogP contribution in [-0.2, 0) is 11.2 Å². The first-order valence-electron chi connectivity index (χ1n) is 9.38. The summed E-state index contributed by atoms with van der Waals surface area (Å²) in [6, 6.07) is 23.7. The van der Waals surface area contributed by atoms with Gasteiger partial charge in [-0.1, -0.05) is 83.9 Å². The van der Waals surface area contributed by atoms with Crippen molar-refractivity contribution in [3.8, 4) is 0 Å². The average Bonchev–Trinajstić information content (AvgIpc) is 2.74. The summed E-state index contributed by atoms with van der Waals surface area (Å²) in [7, 11) is 0. The lowest BCUT2D eigenvalue weighted by Gasteiger charge is -2.12. The van der Waals surface area contributed by atoms with E-state index in [1.54, 1.807) is 12.1 Å². The van der Waals surface area contributed by atoms with Gasteiger partial charge < -0.3 is 10.6 Å². The van der Waals surface area contributed by atoms with E-state index in [0.29, 0.717) is 18.0 Å². The molecule has 0 fully saturated rings. The van der Waals surface area contributed by atoms with Crippen LogP contribution >= 0.6 is 23.2 Å². The summed E-state index contributed by atoms with van der Waals surface area (Å²) >= 11 is 12.0. The molecular formula is C24H20Cl2N2O2. The van der Waals surface area contributed by atoms with Crippen LogP contribution in [0.5, 0.6) is 0 Å². The van der Waals surface area contributed by atoms with Gasteiger partial charge in [-0.15, -0.1) is 0 Å². The van der Waals surface area contributed by atoms with Crippen molar-refractivity contribution in [3.63, 3.8) is 0 Å². The number of hydrogen-bond acceptors (Lipinski definition) is 2. The molecule has 0 unspecified atom stereocenters. The Bertz CT molecular complexity index is 1050. The molecule has 0 aromatic heterocycles. The number of rotatable bonds is 7. The highest BCUT2D eigenvalue weighted by Crippen LogP contribution is 2.21. The van der Waals surface area contributed by atoms with Gasteiger partial charge in [-0.3, -0.25) is 9.59 Å². The SMILES string of the molecule is O=C(NCCc1ccccc1)C(=Cc1ccccc1)NC(=O)c1ccc(Cl)cc1Cl. The van der Waals surface area contributed by atoms with E-state index < -0.39 is 5.91 Å². The predicted molar refractivity (Wildman–Crippen MR) is 122 cm³/mol. The lowest BCUT2D eigenvalue weighted by atomic mass is 10.1. The van der Waals surface area contributed by atoms with Gasteiger partial charge in [-0.25, -0.2) is 0 Å². The van der Waals surface area contributed by atoms with Gasteiger partial charge in [0.25, 0.3) is 11.8 Å². The topological polar surface area (TPSA) is 58.2 Å². The van der Waals surface area contributed by atoms with E-state index in [9.17, 15) is 9.59 Å². The van der Waals surface area contributed by atoms with E-state index in [1.807, 2.05) is 60.7 Å². The van der Waals surface area contributed by atoms with E-state index >= 15 is 0 Å². The van der Waals surface area contributed by atoms with E-state index in [2.05, 4.69) is 10.6 Å². The number of carbonyl (C=O) groups is 2. The van der Waals surface area contributed by atoms with Crippen LogP contribution in [0.25, 0.3) is 6.08 Å². The monoisotopic (exact) mass is 438 g/mol. The fourth-order valence-electron chi connectivity index (χ4n) is 2.80. The maximum Gasteiger partial charge on any atom is 0.267 e. The maximum absolute atomic E-state index is 12.8. The van der Waals surface area contributed by atoms with Crippen molar-refractivity contribution in [3.05, 3.63) is 111 Å². The largest absolute Gasteiger partial charge is 0.350 e. The van der Waals surface area contributed by atoms with Crippen LogP contribution in [-0.4, -0.2) is 18.4 Å². The van der Waals surface area contributed by atoms with Gasteiger partial charge in [-0.05, 0) is 41.8 Å². The Morgan fingerprint density at radius 3 is 2.20 bits per heavy atom. The van der Waals surface area contributed by atoms with Gasteiger partial charge in [0, 0.05) is 11.6 Å². The molecule has 2 amide bonds. The number of nitrogens with one attached hydrogen (secondary N) is 2. The van der Waals surface area contributed by atoms with Crippen LogP contribution in [0, 0.1) is 0 Å². The quantitative estimate of drug-likeness (QED) is 0.502. The van der Waals surface area contributed by atoms with Crippen molar-refractivity contribution < 1.29 is 9.59 Å². The van der Waals surface area contributed by atoms with Crippen molar-refractivity contribution in [1.29, 1.82) is 0 Å². The number of benzene rings is 3. The highest BCUT2D eigenvalue weighted by Gasteiger charge is 2.16. The van der Waals surface area contributed by atoms with Gasteiger partial charge in [0.05, 0.1) is 10.6 Å². The summed E-state index contributed by atoms with van der Waals surface area (Å²) in [4.78, 5) is 25.5.